The Bertz CT molecular complexity index is 249. The molecule has 0 aromatic rings. The number of amides is 1. The number of rotatable bonds is 6. The Morgan fingerprint density at radius 2 is 1.94 bits per heavy atom. The topological polar surface area (TPSA) is 20.3 Å². The van der Waals surface area contributed by atoms with Gasteiger partial charge in [0.15, 0.2) is 0 Å². The molecule has 1 aliphatic rings. The molecule has 1 rings (SSSR count). The van der Waals surface area contributed by atoms with Crippen molar-refractivity contribution in [3.05, 3.63) is 24.3 Å². The highest BCUT2D eigenvalue weighted by atomic mass is 16.2. The van der Waals surface area contributed by atoms with Crippen LogP contribution in [0, 0.1) is 0 Å². The molecule has 0 bridgehead atoms. The zero-order chi connectivity index (χ0) is 11.6. The van der Waals surface area contributed by atoms with Crippen LogP contribution in [0.1, 0.15) is 45.4 Å². The van der Waals surface area contributed by atoms with Crippen molar-refractivity contribution in [2.24, 2.45) is 0 Å². The number of allylic oxidation sites excluding steroid dienone is 3. The summed E-state index contributed by atoms with van der Waals surface area (Å²) in [5.74, 6) is 0.163. The third-order valence-electron chi connectivity index (χ3n) is 2.88. The highest BCUT2D eigenvalue weighted by Crippen LogP contribution is 2.07. The molecule has 0 aromatic carbocycles. The maximum Gasteiger partial charge on any atom is 0.246 e. The van der Waals surface area contributed by atoms with Crippen LogP contribution in [0.25, 0.3) is 0 Å². The Hall–Kier alpha value is -1.05. The Kier molecular flexibility index (Phi) is 6.62. The summed E-state index contributed by atoms with van der Waals surface area (Å²) in [6.45, 7) is 4.07. The minimum absolute atomic E-state index is 0.163. The first-order valence-electron chi connectivity index (χ1n) is 6.46. The molecule has 16 heavy (non-hydrogen) atoms. The molecule has 2 nitrogen and oxygen atoms in total. The van der Waals surface area contributed by atoms with Gasteiger partial charge in [0.2, 0.25) is 5.91 Å². The van der Waals surface area contributed by atoms with Gasteiger partial charge in [-0.25, -0.2) is 0 Å². The van der Waals surface area contributed by atoms with Gasteiger partial charge in [0.25, 0.3) is 0 Å². The highest BCUT2D eigenvalue weighted by Gasteiger charge is 2.14. The van der Waals surface area contributed by atoms with Gasteiger partial charge in [-0.15, -0.1) is 0 Å². The lowest BCUT2D eigenvalue weighted by molar-refractivity contribution is -0.124. The van der Waals surface area contributed by atoms with E-state index in [1.54, 1.807) is 6.08 Å². The molecule has 0 unspecified atom stereocenters. The third kappa shape index (κ3) is 5.15. The third-order valence-corrected chi connectivity index (χ3v) is 2.88. The maximum absolute atomic E-state index is 11.6. The van der Waals surface area contributed by atoms with Crippen molar-refractivity contribution in [2.45, 2.75) is 45.4 Å². The van der Waals surface area contributed by atoms with Crippen molar-refractivity contribution in [1.82, 2.24) is 4.90 Å². The molecular formula is C14H23NO. The summed E-state index contributed by atoms with van der Waals surface area (Å²) in [7, 11) is 0. The van der Waals surface area contributed by atoms with Crippen molar-refractivity contribution in [2.75, 3.05) is 13.1 Å². The minimum Gasteiger partial charge on any atom is -0.339 e. The number of carbonyl (C=O) groups is 1. The second-order valence-corrected chi connectivity index (χ2v) is 4.32. The molecule has 1 heterocycles. The van der Waals surface area contributed by atoms with Crippen LogP contribution in [0.5, 0.6) is 0 Å². The van der Waals surface area contributed by atoms with Crippen molar-refractivity contribution in [1.29, 1.82) is 0 Å². The number of hydrogen-bond acceptors (Lipinski definition) is 1. The quantitative estimate of drug-likeness (QED) is 0.383. The average molecular weight is 221 g/mol. The van der Waals surface area contributed by atoms with Gasteiger partial charge in [-0.2, -0.15) is 0 Å². The van der Waals surface area contributed by atoms with E-state index in [0.717, 1.165) is 32.4 Å². The van der Waals surface area contributed by atoms with Crippen LogP contribution < -0.4 is 0 Å². The van der Waals surface area contributed by atoms with Crippen LogP contribution in [0.3, 0.4) is 0 Å². The number of hydrogen-bond donors (Lipinski definition) is 0. The van der Waals surface area contributed by atoms with Crippen LogP contribution in [0.4, 0.5) is 0 Å². The Morgan fingerprint density at radius 1 is 1.19 bits per heavy atom. The predicted octanol–water partition coefficient (Wildman–Crippen LogP) is 3.30. The van der Waals surface area contributed by atoms with Gasteiger partial charge in [-0.1, -0.05) is 38.0 Å². The van der Waals surface area contributed by atoms with E-state index in [2.05, 4.69) is 13.0 Å². The molecule has 0 atom stereocenters. The molecule has 1 fully saturated rings. The summed E-state index contributed by atoms with van der Waals surface area (Å²) in [6, 6.07) is 0. The highest BCUT2D eigenvalue weighted by molar-refractivity contribution is 5.88. The summed E-state index contributed by atoms with van der Waals surface area (Å²) in [5.41, 5.74) is 0. The molecule has 1 aliphatic heterocycles. The first-order valence-corrected chi connectivity index (χ1v) is 6.46. The van der Waals surface area contributed by atoms with E-state index in [1.807, 2.05) is 17.1 Å². The normalized spacial score (nSPS) is 16.7. The number of carbonyl (C=O) groups excluding carboxylic acids is 1. The Balaban J connectivity index is 2.12. The van der Waals surface area contributed by atoms with Crippen LogP contribution in [0.2, 0.25) is 0 Å². The van der Waals surface area contributed by atoms with Crippen molar-refractivity contribution in [3.63, 3.8) is 0 Å². The zero-order valence-electron chi connectivity index (χ0n) is 10.3. The van der Waals surface area contributed by atoms with Crippen molar-refractivity contribution < 1.29 is 4.79 Å². The lowest BCUT2D eigenvalue weighted by Gasteiger charge is -2.11. The van der Waals surface area contributed by atoms with Gasteiger partial charge in [-0.3, -0.25) is 4.79 Å². The van der Waals surface area contributed by atoms with Crippen LogP contribution in [0.15, 0.2) is 24.3 Å². The van der Waals surface area contributed by atoms with Gasteiger partial charge in [-0.05, 0) is 25.7 Å². The molecule has 1 saturated heterocycles. The first-order chi connectivity index (χ1) is 7.84. The molecular weight excluding hydrogens is 198 g/mol. The maximum atomic E-state index is 11.6. The second kappa shape index (κ2) is 8.14. The predicted molar refractivity (Wildman–Crippen MR) is 68.2 cm³/mol. The molecule has 1 amide bonds. The van der Waals surface area contributed by atoms with Gasteiger partial charge < -0.3 is 4.90 Å². The molecule has 0 aliphatic carbocycles. The molecule has 2 heteroatoms. The number of nitrogens with zero attached hydrogens (tertiary/aromatic N) is 1. The SMILES string of the molecule is CCCCC/C=C\C=C\C(=O)N1CCCC1. The summed E-state index contributed by atoms with van der Waals surface area (Å²) in [5, 5.41) is 0. The van der Waals surface area contributed by atoms with Crippen LogP contribution in [-0.4, -0.2) is 23.9 Å². The molecule has 0 saturated carbocycles. The molecule has 90 valence electrons. The van der Waals surface area contributed by atoms with E-state index in [4.69, 9.17) is 0 Å². The van der Waals surface area contributed by atoms with Gasteiger partial charge in [0.1, 0.15) is 0 Å². The fourth-order valence-corrected chi connectivity index (χ4v) is 1.87. The summed E-state index contributed by atoms with van der Waals surface area (Å²) >= 11 is 0. The smallest absolute Gasteiger partial charge is 0.246 e. The standard InChI is InChI=1S/C14H23NO/c1-2-3-4-5-6-7-8-11-14(16)15-12-9-10-13-15/h6-8,11H,2-5,9-10,12-13H2,1H3/b7-6-,11-8+. The molecule has 0 spiro atoms. The first kappa shape index (κ1) is 13.0. The minimum atomic E-state index is 0.163. The Labute approximate surface area is 99.0 Å². The molecule has 0 N–H and O–H groups in total. The average Bonchev–Trinajstić information content (AvgIpc) is 2.81. The van der Waals surface area contributed by atoms with Crippen molar-refractivity contribution in [3.8, 4) is 0 Å². The van der Waals surface area contributed by atoms with E-state index in [-0.39, 0.29) is 5.91 Å². The van der Waals surface area contributed by atoms with Gasteiger partial charge >= 0.3 is 0 Å². The summed E-state index contributed by atoms with van der Waals surface area (Å²) in [6.07, 6.45) is 14.9. The van der Waals surface area contributed by atoms with Crippen molar-refractivity contribution >= 4 is 5.91 Å². The van der Waals surface area contributed by atoms with Gasteiger partial charge in [0.05, 0.1) is 0 Å². The molecule has 0 aromatic heterocycles. The summed E-state index contributed by atoms with van der Waals surface area (Å²) in [4.78, 5) is 13.5. The van der Waals surface area contributed by atoms with Crippen LogP contribution in [-0.2, 0) is 4.79 Å². The largest absolute Gasteiger partial charge is 0.339 e. The van der Waals surface area contributed by atoms with Gasteiger partial charge in [0, 0.05) is 19.2 Å². The van der Waals surface area contributed by atoms with E-state index in [9.17, 15) is 4.79 Å². The fourth-order valence-electron chi connectivity index (χ4n) is 1.87. The number of unbranched alkanes of at least 4 members (excludes halogenated alkanes) is 3. The monoisotopic (exact) mass is 221 g/mol. The lowest BCUT2D eigenvalue weighted by atomic mass is 10.2. The van der Waals surface area contributed by atoms with Crippen LogP contribution >= 0.6 is 0 Å². The number of likely N-dealkylation sites (tertiary alicyclic amines) is 1. The second-order valence-electron chi connectivity index (χ2n) is 4.32. The zero-order valence-corrected chi connectivity index (χ0v) is 10.3. The van der Waals surface area contributed by atoms with E-state index in [0.29, 0.717) is 0 Å². The fraction of sp³-hybridized carbons (Fsp3) is 0.643. The summed E-state index contributed by atoms with van der Waals surface area (Å²) < 4.78 is 0. The Morgan fingerprint density at radius 3 is 2.62 bits per heavy atom. The van der Waals surface area contributed by atoms with E-state index in [1.165, 1.54) is 19.3 Å². The van der Waals surface area contributed by atoms with E-state index >= 15 is 0 Å². The lowest BCUT2D eigenvalue weighted by Crippen LogP contribution is -2.25. The van der Waals surface area contributed by atoms with E-state index < -0.39 is 0 Å². The molecule has 0 radical (unpaired) electrons.